The van der Waals surface area contributed by atoms with Gasteiger partial charge in [-0.3, -0.25) is 0 Å². The van der Waals surface area contributed by atoms with Crippen LogP contribution in [-0.4, -0.2) is 28.3 Å². The molecular weight excluding hydrogens is 256 g/mol. The van der Waals surface area contributed by atoms with Crippen molar-refractivity contribution in [3.63, 3.8) is 0 Å². The Kier molecular flexibility index (Phi) is 6.42. The summed E-state index contributed by atoms with van der Waals surface area (Å²) in [4.78, 5) is 9.01. The summed E-state index contributed by atoms with van der Waals surface area (Å²) >= 11 is 1.57. The topological polar surface area (TPSA) is 49.8 Å². The fourth-order valence-electron chi connectivity index (χ4n) is 1.66. The first-order chi connectivity index (χ1) is 9.06. The minimum absolute atomic E-state index is 0.0893. The molecule has 1 aromatic rings. The summed E-state index contributed by atoms with van der Waals surface area (Å²) in [5.41, 5.74) is 0.0893. The molecule has 4 nitrogen and oxygen atoms in total. The lowest BCUT2D eigenvalue weighted by Gasteiger charge is -2.29. The molecule has 0 spiro atoms. The number of thioether (sulfide) groups is 1. The van der Waals surface area contributed by atoms with Crippen LogP contribution >= 0.6 is 11.8 Å². The Labute approximate surface area is 121 Å². The number of nitrogens with zero attached hydrogens (tertiary/aromatic N) is 2. The largest absolute Gasteiger partial charge is 0.370 e. The lowest BCUT2D eigenvalue weighted by molar-refractivity contribution is 0.476. The van der Waals surface area contributed by atoms with Crippen molar-refractivity contribution in [3.8, 4) is 0 Å². The van der Waals surface area contributed by atoms with Crippen LogP contribution in [0.1, 0.15) is 47.0 Å². The van der Waals surface area contributed by atoms with Crippen LogP contribution in [0, 0.1) is 0 Å². The van der Waals surface area contributed by atoms with Gasteiger partial charge in [0, 0.05) is 18.2 Å². The number of aromatic nitrogens is 2. The van der Waals surface area contributed by atoms with Crippen molar-refractivity contribution in [2.45, 2.75) is 57.7 Å². The molecule has 108 valence electrons. The van der Waals surface area contributed by atoms with Crippen LogP contribution in [0.4, 0.5) is 11.6 Å². The van der Waals surface area contributed by atoms with Crippen molar-refractivity contribution in [1.29, 1.82) is 0 Å². The molecule has 0 aliphatic heterocycles. The van der Waals surface area contributed by atoms with Crippen molar-refractivity contribution in [2.75, 3.05) is 23.4 Å². The third-order valence-corrected chi connectivity index (χ3v) is 3.98. The van der Waals surface area contributed by atoms with E-state index in [1.54, 1.807) is 11.8 Å². The van der Waals surface area contributed by atoms with Crippen LogP contribution < -0.4 is 10.6 Å². The molecule has 0 aliphatic carbocycles. The highest BCUT2D eigenvalue weighted by Crippen LogP contribution is 2.23. The summed E-state index contributed by atoms with van der Waals surface area (Å²) in [5.74, 6) is 1.81. The van der Waals surface area contributed by atoms with Crippen LogP contribution in [0.25, 0.3) is 0 Å². The van der Waals surface area contributed by atoms with Gasteiger partial charge in [0.25, 0.3) is 0 Å². The maximum absolute atomic E-state index is 4.54. The molecule has 0 aliphatic rings. The molecular formula is C14H26N4S. The van der Waals surface area contributed by atoms with Gasteiger partial charge < -0.3 is 10.6 Å². The Hall–Kier alpha value is -0.970. The van der Waals surface area contributed by atoms with E-state index >= 15 is 0 Å². The second kappa shape index (κ2) is 7.58. The zero-order valence-corrected chi connectivity index (χ0v) is 13.5. The van der Waals surface area contributed by atoms with Gasteiger partial charge in [0.15, 0.2) is 5.16 Å². The molecule has 0 unspecified atom stereocenters. The highest BCUT2D eigenvalue weighted by atomic mass is 32.2. The standard InChI is InChI=1S/C14H26N4S/c1-6-9-15-11-10-12(17-13(16-11)19-5)18-14(4,7-2)8-3/h10H,6-9H2,1-5H3,(H2,15,16,17,18). The van der Waals surface area contributed by atoms with E-state index in [0.29, 0.717) is 0 Å². The van der Waals surface area contributed by atoms with Gasteiger partial charge in [-0.1, -0.05) is 32.5 Å². The number of rotatable bonds is 8. The van der Waals surface area contributed by atoms with Gasteiger partial charge >= 0.3 is 0 Å². The predicted octanol–water partition coefficient (Wildman–Crippen LogP) is 4.01. The quantitative estimate of drug-likeness (QED) is 0.557. The van der Waals surface area contributed by atoms with E-state index in [0.717, 1.165) is 42.6 Å². The van der Waals surface area contributed by atoms with E-state index in [1.165, 1.54) is 0 Å². The molecule has 0 saturated heterocycles. The van der Waals surface area contributed by atoms with E-state index in [1.807, 2.05) is 12.3 Å². The Morgan fingerprint density at radius 3 is 2.32 bits per heavy atom. The fraction of sp³-hybridized carbons (Fsp3) is 0.714. The molecule has 1 aromatic heterocycles. The molecule has 0 bridgehead atoms. The van der Waals surface area contributed by atoms with Crippen molar-refractivity contribution in [3.05, 3.63) is 6.07 Å². The molecule has 1 heterocycles. The van der Waals surface area contributed by atoms with Gasteiger partial charge in [0.05, 0.1) is 0 Å². The minimum atomic E-state index is 0.0893. The fourth-order valence-corrected chi connectivity index (χ4v) is 2.04. The average molecular weight is 282 g/mol. The van der Waals surface area contributed by atoms with E-state index in [2.05, 4.69) is 48.3 Å². The molecule has 0 saturated carbocycles. The van der Waals surface area contributed by atoms with E-state index in [4.69, 9.17) is 0 Å². The number of hydrogen-bond donors (Lipinski definition) is 2. The Morgan fingerprint density at radius 2 is 1.79 bits per heavy atom. The summed E-state index contributed by atoms with van der Waals surface area (Å²) < 4.78 is 0. The predicted molar refractivity (Wildman–Crippen MR) is 85.2 cm³/mol. The Bertz CT molecular complexity index is 391. The minimum Gasteiger partial charge on any atom is -0.370 e. The molecule has 1 rings (SSSR count). The molecule has 0 radical (unpaired) electrons. The van der Waals surface area contributed by atoms with Gasteiger partial charge in [-0.2, -0.15) is 0 Å². The third-order valence-electron chi connectivity index (χ3n) is 3.43. The molecule has 0 fully saturated rings. The number of anilines is 2. The zero-order valence-electron chi connectivity index (χ0n) is 12.7. The van der Waals surface area contributed by atoms with E-state index in [-0.39, 0.29) is 5.54 Å². The van der Waals surface area contributed by atoms with Gasteiger partial charge in [-0.15, -0.1) is 0 Å². The lowest BCUT2D eigenvalue weighted by Crippen LogP contribution is -2.33. The van der Waals surface area contributed by atoms with Crippen LogP contribution in [0.5, 0.6) is 0 Å². The second-order valence-electron chi connectivity index (χ2n) is 4.94. The maximum Gasteiger partial charge on any atom is 0.191 e. The maximum atomic E-state index is 4.54. The monoisotopic (exact) mass is 282 g/mol. The summed E-state index contributed by atoms with van der Waals surface area (Å²) in [7, 11) is 0. The van der Waals surface area contributed by atoms with Gasteiger partial charge in [0.1, 0.15) is 11.6 Å². The summed E-state index contributed by atoms with van der Waals surface area (Å²) in [5, 5.41) is 7.67. The van der Waals surface area contributed by atoms with Crippen LogP contribution in [0.15, 0.2) is 11.2 Å². The normalized spacial score (nSPS) is 11.4. The van der Waals surface area contributed by atoms with Crippen LogP contribution in [0.2, 0.25) is 0 Å². The molecule has 2 N–H and O–H groups in total. The first kappa shape index (κ1) is 16.1. The number of hydrogen-bond acceptors (Lipinski definition) is 5. The lowest BCUT2D eigenvalue weighted by atomic mass is 9.96. The van der Waals surface area contributed by atoms with Crippen molar-refractivity contribution < 1.29 is 0 Å². The average Bonchev–Trinajstić information content (AvgIpc) is 2.44. The summed E-state index contributed by atoms with van der Waals surface area (Å²) in [6, 6.07) is 2.00. The van der Waals surface area contributed by atoms with Crippen LogP contribution in [-0.2, 0) is 0 Å². The molecule has 0 atom stereocenters. The SMILES string of the molecule is CCCNc1cc(NC(C)(CC)CC)nc(SC)n1. The van der Waals surface area contributed by atoms with Gasteiger partial charge in [-0.05, 0) is 32.4 Å². The highest BCUT2D eigenvalue weighted by molar-refractivity contribution is 7.98. The van der Waals surface area contributed by atoms with Gasteiger partial charge in [-0.25, -0.2) is 9.97 Å². The van der Waals surface area contributed by atoms with Gasteiger partial charge in [0.2, 0.25) is 0 Å². The molecule has 0 amide bonds. The Balaban J connectivity index is 2.92. The Morgan fingerprint density at radius 1 is 1.16 bits per heavy atom. The van der Waals surface area contributed by atoms with Crippen molar-refractivity contribution >= 4 is 23.4 Å². The zero-order chi connectivity index (χ0) is 14.3. The smallest absolute Gasteiger partial charge is 0.191 e. The third kappa shape index (κ3) is 4.90. The molecule has 19 heavy (non-hydrogen) atoms. The van der Waals surface area contributed by atoms with Crippen LogP contribution in [0.3, 0.4) is 0 Å². The van der Waals surface area contributed by atoms with Crippen molar-refractivity contribution in [2.24, 2.45) is 0 Å². The summed E-state index contributed by atoms with van der Waals surface area (Å²) in [6.45, 7) is 9.71. The van der Waals surface area contributed by atoms with Crippen molar-refractivity contribution in [1.82, 2.24) is 9.97 Å². The molecule has 5 heteroatoms. The van der Waals surface area contributed by atoms with E-state index in [9.17, 15) is 0 Å². The first-order valence-corrected chi connectivity index (χ1v) is 8.24. The van der Waals surface area contributed by atoms with E-state index < -0.39 is 0 Å². The molecule has 0 aromatic carbocycles. The number of nitrogens with one attached hydrogen (secondary N) is 2. The summed E-state index contributed by atoms with van der Waals surface area (Å²) in [6.07, 6.45) is 5.23. The highest BCUT2D eigenvalue weighted by Gasteiger charge is 2.20. The second-order valence-corrected chi connectivity index (χ2v) is 5.72. The first-order valence-electron chi connectivity index (χ1n) is 7.02.